The van der Waals surface area contributed by atoms with Crippen molar-refractivity contribution >= 4 is 5.69 Å². The molecule has 76 valence electrons. The van der Waals surface area contributed by atoms with E-state index >= 15 is 0 Å². The molecule has 0 heterocycles. The van der Waals surface area contributed by atoms with E-state index in [4.69, 9.17) is 5.73 Å². The number of hydrogen-bond donors (Lipinski definition) is 1. The summed E-state index contributed by atoms with van der Waals surface area (Å²) in [6.07, 6.45) is 5.43. The number of nitrogen functional groups attached to an aromatic ring is 1. The van der Waals surface area contributed by atoms with E-state index in [9.17, 15) is 0 Å². The normalized spacial score (nSPS) is 27.5. The SMILES string of the molecule is C[C@@H]1CCCC[C@@H]1c1ccccc1N. The third kappa shape index (κ3) is 1.77. The van der Waals surface area contributed by atoms with Gasteiger partial charge in [-0.25, -0.2) is 0 Å². The number of nitrogens with two attached hydrogens (primary N) is 1. The molecule has 0 bridgehead atoms. The lowest BCUT2D eigenvalue weighted by atomic mass is 9.76. The Labute approximate surface area is 86.3 Å². The van der Waals surface area contributed by atoms with Crippen molar-refractivity contribution in [3.63, 3.8) is 0 Å². The molecule has 0 amide bonds. The molecule has 2 N–H and O–H groups in total. The number of para-hydroxylation sites is 1. The van der Waals surface area contributed by atoms with E-state index in [2.05, 4.69) is 19.1 Å². The molecule has 1 aromatic carbocycles. The van der Waals surface area contributed by atoms with Crippen LogP contribution in [0.5, 0.6) is 0 Å². The average Bonchev–Trinajstić information content (AvgIpc) is 2.20. The molecular weight excluding hydrogens is 170 g/mol. The van der Waals surface area contributed by atoms with Crippen LogP contribution in [-0.4, -0.2) is 0 Å². The fourth-order valence-electron chi connectivity index (χ4n) is 2.63. The van der Waals surface area contributed by atoms with Gasteiger partial charge in [0.2, 0.25) is 0 Å². The van der Waals surface area contributed by atoms with Gasteiger partial charge in [0.1, 0.15) is 0 Å². The van der Waals surface area contributed by atoms with Gasteiger partial charge in [0.15, 0.2) is 0 Å². The maximum absolute atomic E-state index is 6.01. The summed E-state index contributed by atoms with van der Waals surface area (Å²) in [4.78, 5) is 0. The Morgan fingerprint density at radius 1 is 1.14 bits per heavy atom. The second-order valence-electron chi connectivity index (χ2n) is 4.50. The highest BCUT2D eigenvalue weighted by Gasteiger charge is 2.23. The van der Waals surface area contributed by atoms with E-state index < -0.39 is 0 Å². The van der Waals surface area contributed by atoms with Crippen molar-refractivity contribution in [1.29, 1.82) is 0 Å². The second kappa shape index (κ2) is 4.04. The van der Waals surface area contributed by atoms with Crippen molar-refractivity contribution < 1.29 is 0 Å². The Balaban J connectivity index is 2.25. The van der Waals surface area contributed by atoms with Crippen molar-refractivity contribution in [2.45, 2.75) is 38.5 Å². The topological polar surface area (TPSA) is 26.0 Å². The molecule has 14 heavy (non-hydrogen) atoms. The van der Waals surface area contributed by atoms with E-state index in [1.807, 2.05) is 12.1 Å². The van der Waals surface area contributed by atoms with Crippen molar-refractivity contribution in [3.05, 3.63) is 29.8 Å². The summed E-state index contributed by atoms with van der Waals surface area (Å²) in [6, 6.07) is 8.35. The van der Waals surface area contributed by atoms with Crippen molar-refractivity contribution in [2.24, 2.45) is 5.92 Å². The van der Waals surface area contributed by atoms with Gasteiger partial charge in [-0.3, -0.25) is 0 Å². The van der Waals surface area contributed by atoms with Crippen LogP contribution in [0.2, 0.25) is 0 Å². The van der Waals surface area contributed by atoms with E-state index in [-0.39, 0.29) is 0 Å². The van der Waals surface area contributed by atoms with E-state index in [0.29, 0.717) is 5.92 Å². The lowest BCUT2D eigenvalue weighted by Crippen LogP contribution is -2.16. The van der Waals surface area contributed by atoms with Crippen LogP contribution in [0.4, 0.5) is 5.69 Å². The highest BCUT2D eigenvalue weighted by molar-refractivity contribution is 5.48. The molecule has 0 spiro atoms. The van der Waals surface area contributed by atoms with Crippen LogP contribution in [0, 0.1) is 5.92 Å². The molecule has 0 unspecified atom stereocenters. The van der Waals surface area contributed by atoms with Crippen LogP contribution in [0.1, 0.15) is 44.1 Å². The van der Waals surface area contributed by atoms with Gasteiger partial charge >= 0.3 is 0 Å². The molecule has 0 aliphatic heterocycles. The fraction of sp³-hybridized carbons (Fsp3) is 0.538. The summed E-state index contributed by atoms with van der Waals surface area (Å²) in [7, 11) is 0. The van der Waals surface area contributed by atoms with Gasteiger partial charge in [-0.15, -0.1) is 0 Å². The van der Waals surface area contributed by atoms with Gasteiger partial charge in [-0.1, -0.05) is 44.4 Å². The van der Waals surface area contributed by atoms with Crippen LogP contribution < -0.4 is 5.73 Å². The maximum atomic E-state index is 6.01. The van der Waals surface area contributed by atoms with Crippen molar-refractivity contribution in [1.82, 2.24) is 0 Å². The molecule has 2 rings (SSSR count). The van der Waals surface area contributed by atoms with Crippen LogP contribution in [0.3, 0.4) is 0 Å². The summed E-state index contributed by atoms with van der Waals surface area (Å²) in [5.41, 5.74) is 8.37. The summed E-state index contributed by atoms with van der Waals surface area (Å²) in [6.45, 7) is 2.36. The molecular formula is C13H19N. The van der Waals surface area contributed by atoms with Gasteiger partial charge < -0.3 is 5.73 Å². The van der Waals surface area contributed by atoms with Gasteiger partial charge in [-0.2, -0.15) is 0 Å². The third-order valence-electron chi connectivity index (χ3n) is 3.51. The quantitative estimate of drug-likeness (QED) is 0.672. The lowest BCUT2D eigenvalue weighted by Gasteiger charge is -2.29. The Morgan fingerprint density at radius 3 is 2.57 bits per heavy atom. The minimum atomic E-state index is 0.699. The zero-order chi connectivity index (χ0) is 9.97. The van der Waals surface area contributed by atoms with Crippen molar-refractivity contribution in [3.8, 4) is 0 Å². The molecule has 1 nitrogen and oxygen atoms in total. The summed E-state index contributed by atoms with van der Waals surface area (Å²) in [5, 5.41) is 0. The van der Waals surface area contributed by atoms with Gasteiger partial charge in [0.25, 0.3) is 0 Å². The summed E-state index contributed by atoms with van der Waals surface area (Å²) < 4.78 is 0. The third-order valence-corrected chi connectivity index (χ3v) is 3.51. The predicted octanol–water partition coefficient (Wildman–Crippen LogP) is 3.56. The molecule has 2 atom stereocenters. The number of rotatable bonds is 1. The number of benzene rings is 1. The largest absolute Gasteiger partial charge is 0.398 e. The molecule has 1 heteroatoms. The minimum Gasteiger partial charge on any atom is -0.398 e. The summed E-state index contributed by atoms with van der Waals surface area (Å²) in [5.74, 6) is 1.50. The first-order chi connectivity index (χ1) is 6.79. The van der Waals surface area contributed by atoms with Gasteiger partial charge in [0.05, 0.1) is 0 Å². The van der Waals surface area contributed by atoms with Crippen LogP contribution in [-0.2, 0) is 0 Å². The lowest BCUT2D eigenvalue weighted by molar-refractivity contribution is 0.331. The van der Waals surface area contributed by atoms with E-state index in [1.165, 1.54) is 31.2 Å². The molecule has 0 radical (unpaired) electrons. The maximum Gasteiger partial charge on any atom is 0.0349 e. The first-order valence-corrected chi connectivity index (χ1v) is 5.63. The highest BCUT2D eigenvalue weighted by Crippen LogP contribution is 2.39. The smallest absolute Gasteiger partial charge is 0.0349 e. The van der Waals surface area contributed by atoms with Gasteiger partial charge in [-0.05, 0) is 29.9 Å². The number of hydrogen-bond acceptors (Lipinski definition) is 1. The first kappa shape index (κ1) is 9.57. The van der Waals surface area contributed by atoms with E-state index in [1.54, 1.807) is 0 Å². The monoisotopic (exact) mass is 189 g/mol. The molecule has 1 aliphatic rings. The molecule has 1 saturated carbocycles. The molecule has 0 aromatic heterocycles. The molecule has 1 fully saturated rings. The van der Waals surface area contributed by atoms with E-state index in [0.717, 1.165) is 11.6 Å². The van der Waals surface area contributed by atoms with Crippen LogP contribution >= 0.6 is 0 Å². The standard InChI is InChI=1S/C13H19N/c1-10-6-2-3-7-11(10)12-8-4-5-9-13(12)14/h4-5,8-11H,2-3,6-7,14H2,1H3/t10-,11+/m1/s1. The Hall–Kier alpha value is -0.980. The molecule has 1 aliphatic carbocycles. The fourth-order valence-corrected chi connectivity index (χ4v) is 2.63. The first-order valence-electron chi connectivity index (χ1n) is 5.63. The summed E-state index contributed by atoms with van der Waals surface area (Å²) >= 11 is 0. The Morgan fingerprint density at radius 2 is 1.86 bits per heavy atom. The van der Waals surface area contributed by atoms with Gasteiger partial charge in [0, 0.05) is 5.69 Å². The predicted molar refractivity (Wildman–Crippen MR) is 61.2 cm³/mol. The van der Waals surface area contributed by atoms with Crippen molar-refractivity contribution in [2.75, 3.05) is 5.73 Å². The second-order valence-corrected chi connectivity index (χ2v) is 4.50. The average molecular weight is 189 g/mol. The molecule has 1 aromatic rings. The Kier molecular flexibility index (Phi) is 2.76. The van der Waals surface area contributed by atoms with Crippen LogP contribution in [0.25, 0.3) is 0 Å². The molecule has 0 saturated heterocycles. The highest BCUT2D eigenvalue weighted by atomic mass is 14.6. The minimum absolute atomic E-state index is 0.699. The zero-order valence-electron chi connectivity index (χ0n) is 8.87. The Bertz CT molecular complexity index is 306. The number of anilines is 1. The zero-order valence-corrected chi connectivity index (χ0v) is 8.87. The van der Waals surface area contributed by atoms with Crippen LogP contribution in [0.15, 0.2) is 24.3 Å².